The van der Waals surface area contributed by atoms with Crippen molar-refractivity contribution in [3.05, 3.63) is 47.5 Å². The molecule has 3 rings (SSSR count). The minimum Gasteiger partial charge on any atom is -0.337 e. The summed E-state index contributed by atoms with van der Waals surface area (Å²) in [4.78, 5) is 28.7. The molecule has 1 aliphatic heterocycles. The van der Waals surface area contributed by atoms with E-state index < -0.39 is 0 Å². The normalized spacial score (nSPS) is 15.1. The van der Waals surface area contributed by atoms with Gasteiger partial charge in [-0.3, -0.25) is 9.78 Å². The van der Waals surface area contributed by atoms with Gasteiger partial charge >= 0.3 is 0 Å². The van der Waals surface area contributed by atoms with Crippen LogP contribution < -0.4 is 4.90 Å². The Kier molecular flexibility index (Phi) is 3.96. The van der Waals surface area contributed by atoms with Crippen LogP contribution in [0.15, 0.2) is 36.9 Å². The highest BCUT2D eigenvalue weighted by molar-refractivity contribution is 6.33. The van der Waals surface area contributed by atoms with Crippen molar-refractivity contribution in [2.45, 2.75) is 0 Å². The lowest BCUT2D eigenvalue weighted by molar-refractivity contribution is 0.0746. The van der Waals surface area contributed by atoms with Gasteiger partial charge in [0.05, 0.1) is 10.6 Å². The molecule has 1 amide bonds. The van der Waals surface area contributed by atoms with Gasteiger partial charge in [0.2, 0.25) is 5.95 Å². The van der Waals surface area contributed by atoms with E-state index in [-0.39, 0.29) is 5.91 Å². The van der Waals surface area contributed by atoms with Crippen LogP contribution in [-0.2, 0) is 0 Å². The zero-order valence-corrected chi connectivity index (χ0v) is 12.1. The Morgan fingerprint density at radius 1 is 1.10 bits per heavy atom. The van der Waals surface area contributed by atoms with Crippen molar-refractivity contribution in [3.8, 4) is 0 Å². The van der Waals surface area contributed by atoms with E-state index in [1.807, 2.05) is 0 Å². The average molecular weight is 304 g/mol. The van der Waals surface area contributed by atoms with Crippen LogP contribution in [0.5, 0.6) is 0 Å². The fourth-order valence-corrected chi connectivity index (χ4v) is 2.46. The number of carbonyl (C=O) groups is 1. The summed E-state index contributed by atoms with van der Waals surface area (Å²) in [6.07, 6.45) is 6.52. The van der Waals surface area contributed by atoms with Crippen molar-refractivity contribution in [2.75, 3.05) is 31.1 Å². The van der Waals surface area contributed by atoms with Crippen molar-refractivity contribution >= 4 is 23.5 Å². The van der Waals surface area contributed by atoms with Crippen molar-refractivity contribution in [1.82, 2.24) is 19.9 Å². The second-order valence-electron chi connectivity index (χ2n) is 4.68. The first kappa shape index (κ1) is 13.8. The standard InChI is InChI=1S/C14H14ClN5O/c15-12-2-5-16-10-11(12)13(21)19-6-8-20(9-7-19)14-17-3-1-4-18-14/h1-5,10H,6-9H2. The van der Waals surface area contributed by atoms with Gasteiger partial charge in [-0.05, 0) is 12.1 Å². The number of pyridine rings is 1. The smallest absolute Gasteiger partial charge is 0.257 e. The summed E-state index contributed by atoms with van der Waals surface area (Å²) < 4.78 is 0. The molecule has 1 saturated heterocycles. The summed E-state index contributed by atoms with van der Waals surface area (Å²) in [5, 5.41) is 0.434. The first-order valence-corrected chi connectivity index (χ1v) is 7.04. The summed E-state index contributed by atoms with van der Waals surface area (Å²) in [5.41, 5.74) is 0.448. The van der Waals surface area contributed by atoms with Crippen LogP contribution in [0.25, 0.3) is 0 Å². The second-order valence-corrected chi connectivity index (χ2v) is 5.09. The molecule has 2 aromatic rings. The van der Waals surface area contributed by atoms with E-state index in [9.17, 15) is 4.79 Å². The van der Waals surface area contributed by atoms with Crippen LogP contribution in [0.2, 0.25) is 5.02 Å². The minimum absolute atomic E-state index is 0.0817. The quantitative estimate of drug-likeness (QED) is 0.841. The Bertz CT molecular complexity index is 628. The summed E-state index contributed by atoms with van der Waals surface area (Å²) in [6, 6.07) is 3.41. The fraction of sp³-hybridized carbons (Fsp3) is 0.286. The number of halogens is 1. The molecule has 108 valence electrons. The summed E-state index contributed by atoms with van der Waals surface area (Å²) in [6.45, 7) is 2.63. The van der Waals surface area contributed by atoms with Crippen LogP contribution in [0.4, 0.5) is 5.95 Å². The number of aromatic nitrogens is 3. The third-order valence-electron chi connectivity index (χ3n) is 3.40. The zero-order chi connectivity index (χ0) is 14.7. The molecule has 0 atom stereocenters. The molecule has 0 bridgehead atoms. The fourth-order valence-electron chi connectivity index (χ4n) is 2.27. The third-order valence-corrected chi connectivity index (χ3v) is 3.73. The lowest BCUT2D eigenvalue weighted by Crippen LogP contribution is -2.49. The highest BCUT2D eigenvalue weighted by Gasteiger charge is 2.24. The van der Waals surface area contributed by atoms with Crippen molar-refractivity contribution in [1.29, 1.82) is 0 Å². The van der Waals surface area contributed by atoms with Gasteiger partial charge in [0.25, 0.3) is 5.91 Å². The van der Waals surface area contributed by atoms with Gasteiger partial charge in [0, 0.05) is 51.0 Å². The Hall–Kier alpha value is -2.21. The average Bonchev–Trinajstić information content (AvgIpc) is 2.56. The van der Waals surface area contributed by atoms with Crippen LogP contribution in [0, 0.1) is 0 Å². The maximum atomic E-state index is 12.4. The van der Waals surface area contributed by atoms with E-state index in [4.69, 9.17) is 11.6 Å². The van der Waals surface area contributed by atoms with Crippen molar-refractivity contribution < 1.29 is 4.79 Å². The third kappa shape index (κ3) is 2.95. The predicted molar refractivity (Wildman–Crippen MR) is 79.4 cm³/mol. The van der Waals surface area contributed by atoms with Crippen molar-refractivity contribution in [2.24, 2.45) is 0 Å². The molecule has 1 fully saturated rings. The molecule has 0 spiro atoms. The Morgan fingerprint density at radius 3 is 2.48 bits per heavy atom. The molecule has 6 nitrogen and oxygen atoms in total. The molecule has 0 N–H and O–H groups in total. The number of anilines is 1. The summed E-state index contributed by atoms with van der Waals surface area (Å²) >= 11 is 6.04. The first-order chi connectivity index (χ1) is 10.3. The molecular weight excluding hydrogens is 290 g/mol. The molecule has 0 unspecified atom stereocenters. The Balaban J connectivity index is 1.66. The highest BCUT2D eigenvalue weighted by atomic mass is 35.5. The minimum atomic E-state index is -0.0817. The largest absolute Gasteiger partial charge is 0.337 e. The molecule has 7 heteroatoms. The Morgan fingerprint density at radius 2 is 1.81 bits per heavy atom. The molecule has 3 heterocycles. The van der Waals surface area contributed by atoms with E-state index >= 15 is 0 Å². The highest BCUT2D eigenvalue weighted by Crippen LogP contribution is 2.17. The van der Waals surface area contributed by atoms with Gasteiger partial charge in [-0.1, -0.05) is 11.6 Å². The number of hydrogen-bond donors (Lipinski definition) is 0. The number of piperazine rings is 1. The van der Waals surface area contributed by atoms with Crippen LogP contribution in [0.1, 0.15) is 10.4 Å². The number of amides is 1. The second kappa shape index (κ2) is 6.05. The molecular formula is C14H14ClN5O. The number of rotatable bonds is 2. The first-order valence-electron chi connectivity index (χ1n) is 6.66. The molecule has 0 saturated carbocycles. The maximum Gasteiger partial charge on any atom is 0.257 e. The van der Waals surface area contributed by atoms with Gasteiger partial charge < -0.3 is 9.80 Å². The topological polar surface area (TPSA) is 62.2 Å². The lowest BCUT2D eigenvalue weighted by atomic mass is 10.2. The Labute approximate surface area is 127 Å². The molecule has 1 aliphatic rings. The molecule has 0 aliphatic carbocycles. The molecule has 21 heavy (non-hydrogen) atoms. The molecule has 0 aromatic carbocycles. The molecule has 0 radical (unpaired) electrons. The SMILES string of the molecule is O=C(c1cnccc1Cl)N1CCN(c2ncccn2)CC1. The van der Waals surface area contributed by atoms with Crippen LogP contribution in [0.3, 0.4) is 0 Å². The van der Waals surface area contributed by atoms with E-state index in [1.165, 1.54) is 6.20 Å². The lowest BCUT2D eigenvalue weighted by Gasteiger charge is -2.34. The summed E-state index contributed by atoms with van der Waals surface area (Å²) in [5.74, 6) is 0.616. The van der Waals surface area contributed by atoms with Gasteiger partial charge in [-0.15, -0.1) is 0 Å². The van der Waals surface area contributed by atoms with E-state index in [0.29, 0.717) is 42.7 Å². The molecule has 2 aromatic heterocycles. The van der Waals surface area contributed by atoms with E-state index in [2.05, 4.69) is 19.9 Å². The number of carbonyl (C=O) groups excluding carboxylic acids is 1. The summed E-state index contributed by atoms with van der Waals surface area (Å²) in [7, 11) is 0. The van der Waals surface area contributed by atoms with Gasteiger partial charge in [0.15, 0.2) is 0 Å². The number of hydrogen-bond acceptors (Lipinski definition) is 5. The zero-order valence-electron chi connectivity index (χ0n) is 11.3. The van der Waals surface area contributed by atoms with E-state index in [1.54, 1.807) is 35.6 Å². The predicted octanol–water partition coefficient (Wildman–Crippen LogP) is 1.49. The van der Waals surface area contributed by atoms with Crippen LogP contribution in [-0.4, -0.2) is 51.9 Å². The van der Waals surface area contributed by atoms with Gasteiger partial charge in [0.1, 0.15) is 0 Å². The maximum absolute atomic E-state index is 12.4. The van der Waals surface area contributed by atoms with Gasteiger partial charge in [-0.25, -0.2) is 9.97 Å². The van der Waals surface area contributed by atoms with Crippen molar-refractivity contribution in [3.63, 3.8) is 0 Å². The van der Waals surface area contributed by atoms with E-state index in [0.717, 1.165) is 0 Å². The van der Waals surface area contributed by atoms with Gasteiger partial charge in [-0.2, -0.15) is 0 Å². The van der Waals surface area contributed by atoms with Crippen LogP contribution >= 0.6 is 11.6 Å². The monoisotopic (exact) mass is 303 g/mol. The number of nitrogens with zero attached hydrogens (tertiary/aromatic N) is 5.